The molecule has 10 heteroatoms. The summed E-state index contributed by atoms with van der Waals surface area (Å²) in [5.41, 5.74) is -1.48. The molecule has 0 saturated carbocycles. The Hall–Kier alpha value is -2.65. The van der Waals surface area contributed by atoms with Gasteiger partial charge in [0.25, 0.3) is 6.47 Å². The van der Waals surface area contributed by atoms with Gasteiger partial charge >= 0.3 is 6.18 Å². The quantitative estimate of drug-likeness (QED) is 0.378. The van der Waals surface area contributed by atoms with Gasteiger partial charge in [-0.1, -0.05) is 5.22 Å². The van der Waals surface area contributed by atoms with Crippen LogP contribution in [0.5, 0.6) is 0 Å². The van der Waals surface area contributed by atoms with Crippen LogP contribution in [0.4, 0.5) is 24.5 Å². The molecule has 0 radical (unpaired) electrons. The Labute approximate surface area is 123 Å². The molecule has 0 bridgehead atoms. The van der Waals surface area contributed by atoms with Gasteiger partial charge < -0.3 is 10.1 Å². The van der Waals surface area contributed by atoms with Crippen molar-refractivity contribution in [1.29, 1.82) is 0 Å². The van der Waals surface area contributed by atoms with Gasteiger partial charge in [-0.15, -0.1) is 5.11 Å². The van der Waals surface area contributed by atoms with Gasteiger partial charge in [-0.2, -0.15) is 13.2 Å². The number of ether oxygens (including phenoxy) is 1. The molecule has 1 amide bonds. The predicted octanol–water partition coefficient (Wildman–Crippen LogP) is 2.72. The lowest BCUT2D eigenvalue weighted by atomic mass is 10.1. The van der Waals surface area contributed by atoms with Gasteiger partial charge in [-0.05, 0) is 18.2 Å². The molecule has 22 heavy (non-hydrogen) atoms. The summed E-state index contributed by atoms with van der Waals surface area (Å²) in [6, 6.07) is 3.11. The number of carbonyl (C=O) groups excluding carboxylic acids is 2. The Bertz CT molecular complexity index is 575. The van der Waals surface area contributed by atoms with Crippen LogP contribution < -0.4 is 5.32 Å². The summed E-state index contributed by atoms with van der Waals surface area (Å²) in [6.07, 6.45) is -4.67. The number of halogens is 3. The van der Waals surface area contributed by atoms with Crippen molar-refractivity contribution in [3.8, 4) is 0 Å². The minimum absolute atomic E-state index is 0.00332. The van der Waals surface area contributed by atoms with Crippen molar-refractivity contribution in [1.82, 2.24) is 5.01 Å². The third-order valence-electron chi connectivity index (χ3n) is 2.26. The van der Waals surface area contributed by atoms with Crippen molar-refractivity contribution in [3.63, 3.8) is 0 Å². The molecule has 0 aliphatic rings. The van der Waals surface area contributed by atoms with Gasteiger partial charge in [0.15, 0.2) is 6.73 Å². The maximum absolute atomic E-state index is 13.0. The number of amides is 1. The molecular formula is C12H13F3N4O3. The van der Waals surface area contributed by atoms with Crippen LogP contribution in [0.1, 0.15) is 12.5 Å². The summed E-state index contributed by atoms with van der Waals surface area (Å²) in [4.78, 5) is 20.9. The minimum Gasteiger partial charge on any atom is -0.445 e. The van der Waals surface area contributed by atoms with Crippen molar-refractivity contribution in [3.05, 3.63) is 23.8 Å². The van der Waals surface area contributed by atoms with Crippen molar-refractivity contribution >= 4 is 23.8 Å². The van der Waals surface area contributed by atoms with Gasteiger partial charge in [0.05, 0.1) is 11.3 Å². The highest BCUT2D eigenvalue weighted by Gasteiger charge is 2.34. The second-order valence-electron chi connectivity index (χ2n) is 4.15. The van der Waals surface area contributed by atoms with E-state index >= 15 is 0 Å². The molecule has 1 rings (SSSR count). The smallest absolute Gasteiger partial charge is 0.418 e. The molecule has 0 saturated heterocycles. The zero-order valence-electron chi connectivity index (χ0n) is 11.7. The molecule has 0 spiro atoms. The van der Waals surface area contributed by atoms with Crippen LogP contribution in [-0.4, -0.2) is 31.2 Å². The second kappa shape index (κ2) is 7.38. The van der Waals surface area contributed by atoms with Crippen LogP contribution in [0.25, 0.3) is 0 Å². The van der Waals surface area contributed by atoms with Crippen molar-refractivity contribution in [2.45, 2.75) is 13.1 Å². The first-order chi connectivity index (χ1) is 10.2. The lowest BCUT2D eigenvalue weighted by Crippen LogP contribution is -2.14. The van der Waals surface area contributed by atoms with E-state index in [-0.39, 0.29) is 18.9 Å². The van der Waals surface area contributed by atoms with Crippen molar-refractivity contribution in [2.75, 3.05) is 19.1 Å². The highest BCUT2D eigenvalue weighted by molar-refractivity contribution is 5.89. The standard InChI is InChI=1S/C12H13F3N4O3/c1-8(21)16-9-3-4-11(10(5-9)12(13,14)15)17-18-19(2)6-22-7-20/h3-5,7H,6H2,1-2H3,(H,16,21)/b18-17+. The molecular weight excluding hydrogens is 305 g/mol. The fraction of sp³-hybridized carbons (Fsp3) is 0.333. The summed E-state index contributed by atoms with van der Waals surface area (Å²) in [5, 5.41) is 10.2. The van der Waals surface area contributed by atoms with Crippen LogP contribution in [0.2, 0.25) is 0 Å². The van der Waals surface area contributed by atoms with Crippen LogP contribution >= 0.6 is 0 Å². The Morgan fingerprint density at radius 1 is 1.45 bits per heavy atom. The van der Waals surface area contributed by atoms with Gasteiger partial charge in [0.1, 0.15) is 0 Å². The van der Waals surface area contributed by atoms with Crippen molar-refractivity contribution < 1.29 is 27.5 Å². The lowest BCUT2D eigenvalue weighted by molar-refractivity contribution is -0.137. The molecule has 0 aliphatic carbocycles. The molecule has 1 N–H and O–H groups in total. The number of anilines is 1. The molecule has 0 fully saturated rings. The van der Waals surface area contributed by atoms with E-state index in [0.29, 0.717) is 0 Å². The van der Waals surface area contributed by atoms with E-state index in [1.54, 1.807) is 0 Å². The van der Waals surface area contributed by atoms with E-state index in [2.05, 4.69) is 20.4 Å². The highest BCUT2D eigenvalue weighted by Crippen LogP contribution is 2.38. The zero-order chi connectivity index (χ0) is 16.8. The monoisotopic (exact) mass is 318 g/mol. The molecule has 0 heterocycles. The van der Waals surface area contributed by atoms with Gasteiger partial charge in [0, 0.05) is 19.7 Å². The van der Waals surface area contributed by atoms with Crippen LogP contribution in [0, 0.1) is 0 Å². The molecule has 120 valence electrons. The fourth-order valence-corrected chi connectivity index (χ4v) is 1.42. The number of nitrogens with one attached hydrogen (secondary N) is 1. The zero-order valence-corrected chi connectivity index (χ0v) is 11.7. The average molecular weight is 318 g/mol. The second-order valence-corrected chi connectivity index (χ2v) is 4.15. The van der Waals surface area contributed by atoms with E-state index in [1.165, 1.54) is 20.0 Å². The van der Waals surface area contributed by atoms with Crippen molar-refractivity contribution in [2.24, 2.45) is 10.3 Å². The Kier molecular flexibility index (Phi) is 5.84. The van der Waals surface area contributed by atoms with Crippen LogP contribution in [-0.2, 0) is 20.5 Å². The Morgan fingerprint density at radius 2 is 2.14 bits per heavy atom. The number of carbonyl (C=O) groups is 2. The number of benzene rings is 1. The molecule has 0 atom stereocenters. The lowest BCUT2D eigenvalue weighted by Gasteiger charge is -2.13. The summed E-state index contributed by atoms with van der Waals surface area (Å²) in [6.45, 7) is 1.11. The normalized spacial score (nSPS) is 11.3. The Morgan fingerprint density at radius 3 is 2.68 bits per heavy atom. The topological polar surface area (TPSA) is 83.4 Å². The van der Waals surface area contributed by atoms with Gasteiger partial charge in [-0.25, -0.2) is 5.01 Å². The maximum Gasteiger partial charge on any atom is 0.418 e. The predicted molar refractivity (Wildman–Crippen MR) is 70.0 cm³/mol. The van der Waals surface area contributed by atoms with E-state index < -0.39 is 23.3 Å². The van der Waals surface area contributed by atoms with Crippen LogP contribution in [0.15, 0.2) is 28.5 Å². The Balaban J connectivity index is 3.05. The number of hydrogen-bond acceptors (Lipinski definition) is 5. The maximum atomic E-state index is 13.0. The summed E-state index contributed by atoms with van der Waals surface area (Å²) >= 11 is 0. The summed E-state index contributed by atoms with van der Waals surface area (Å²) in [7, 11) is 1.37. The average Bonchev–Trinajstić information content (AvgIpc) is 2.42. The molecule has 1 aromatic rings. The molecule has 7 nitrogen and oxygen atoms in total. The fourth-order valence-electron chi connectivity index (χ4n) is 1.42. The third kappa shape index (κ3) is 5.38. The molecule has 0 aliphatic heterocycles. The highest BCUT2D eigenvalue weighted by atomic mass is 19.4. The molecule has 1 aromatic carbocycles. The number of rotatable bonds is 6. The first kappa shape index (κ1) is 17.4. The summed E-state index contributed by atoms with van der Waals surface area (Å²) in [5.74, 6) is -0.492. The first-order valence-electron chi connectivity index (χ1n) is 5.91. The van der Waals surface area contributed by atoms with Crippen LogP contribution in [0.3, 0.4) is 0 Å². The van der Waals surface area contributed by atoms with E-state index in [1.807, 2.05) is 0 Å². The largest absolute Gasteiger partial charge is 0.445 e. The molecule has 0 aromatic heterocycles. The molecule has 0 unspecified atom stereocenters. The van der Waals surface area contributed by atoms with Gasteiger partial charge in [-0.3, -0.25) is 9.59 Å². The number of nitrogens with zero attached hydrogens (tertiary/aromatic N) is 3. The third-order valence-corrected chi connectivity index (χ3v) is 2.26. The number of hydrogen-bond donors (Lipinski definition) is 1. The van der Waals surface area contributed by atoms with Gasteiger partial charge in [0.2, 0.25) is 5.91 Å². The number of alkyl halides is 3. The SMILES string of the molecule is CC(=O)Nc1ccc(/N=N/N(C)COC=O)c(C(F)(F)F)c1. The van der Waals surface area contributed by atoms with E-state index in [0.717, 1.165) is 17.1 Å². The van der Waals surface area contributed by atoms with E-state index in [9.17, 15) is 22.8 Å². The minimum atomic E-state index is -4.67. The first-order valence-corrected chi connectivity index (χ1v) is 5.91. The summed E-state index contributed by atoms with van der Waals surface area (Å²) < 4.78 is 43.3. The van der Waals surface area contributed by atoms with E-state index in [4.69, 9.17) is 0 Å².